The van der Waals surface area contributed by atoms with Crippen molar-refractivity contribution in [2.45, 2.75) is 18.4 Å². The minimum atomic E-state index is -1.11. The first-order chi connectivity index (χ1) is 9.58. The Morgan fingerprint density at radius 3 is 2.80 bits per heavy atom. The van der Waals surface area contributed by atoms with Gasteiger partial charge in [0, 0.05) is 5.56 Å². The lowest BCUT2D eigenvalue weighted by atomic mass is 9.92. The Morgan fingerprint density at radius 1 is 1.35 bits per heavy atom. The van der Waals surface area contributed by atoms with Crippen LogP contribution in [0.15, 0.2) is 22.7 Å². The van der Waals surface area contributed by atoms with Gasteiger partial charge in [-0.25, -0.2) is 4.39 Å². The zero-order valence-corrected chi connectivity index (χ0v) is 11.3. The van der Waals surface area contributed by atoms with Crippen LogP contribution in [0.2, 0.25) is 5.02 Å². The molecule has 1 aliphatic rings. The fourth-order valence-electron chi connectivity index (χ4n) is 2.25. The molecule has 0 aliphatic carbocycles. The van der Waals surface area contributed by atoms with E-state index in [2.05, 4.69) is 15.5 Å². The van der Waals surface area contributed by atoms with Gasteiger partial charge >= 0.3 is 0 Å². The van der Waals surface area contributed by atoms with Crippen LogP contribution >= 0.6 is 11.6 Å². The zero-order chi connectivity index (χ0) is 14.2. The highest BCUT2D eigenvalue weighted by Gasteiger charge is 2.37. The van der Waals surface area contributed by atoms with E-state index in [1.807, 2.05) is 0 Å². The standard InChI is InChI=1S/C13H13ClFN3O2/c14-10-7-8(15)1-2-9(10)11-17-12(20-18-11)13(19)3-5-16-6-4-13/h1-2,7,16,19H,3-6H2. The smallest absolute Gasteiger partial charge is 0.259 e. The number of aliphatic hydroxyl groups is 1. The van der Waals surface area contributed by atoms with E-state index in [1.165, 1.54) is 18.2 Å². The lowest BCUT2D eigenvalue weighted by Crippen LogP contribution is -2.39. The van der Waals surface area contributed by atoms with Crippen LogP contribution in [0.4, 0.5) is 4.39 Å². The summed E-state index contributed by atoms with van der Waals surface area (Å²) in [5.41, 5.74) is -0.635. The van der Waals surface area contributed by atoms with Crippen LogP contribution in [-0.4, -0.2) is 28.3 Å². The summed E-state index contributed by atoms with van der Waals surface area (Å²) < 4.78 is 18.2. The predicted molar refractivity (Wildman–Crippen MR) is 70.7 cm³/mol. The van der Waals surface area contributed by atoms with Crippen LogP contribution < -0.4 is 5.32 Å². The Hall–Kier alpha value is -1.50. The molecule has 0 bridgehead atoms. The Balaban J connectivity index is 1.93. The average molecular weight is 298 g/mol. The summed E-state index contributed by atoms with van der Waals surface area (Å²) in [6.07, 6.45) is 1.01. The molecule has 1 aliphatic heterocycles. The van der Waals surface area contributed by atoms with Crippen molar-refractivity contribution in [3.05, 3.63) is 34.9 Å². The molecule has 2 N–H and O–H groups in total. The first-order valence-corrected chi connectivity index (χ1v) is 6.69. The molecule has 1 aromatic carbocycles. The molecule has 2 heterocycles. The first kappa shape index (κ1) is 13.5. The number of nitrogens with zero attached hydrogens (tertiary/aromatic N) is 2. The van der Waals surface area contributed by atoms with Crippen molar-refractivity contribution in [3.8, 4) is 11.4 Å². The summed E-state index contributed by atoms with van der Waals surface area (Å²) in [6, 6.07) is 3.95. The average Bonchev–Trinajstić information content (AvgIpc) is 2.90. The highest BCUT2D eigenvalue weighted by molar-refractivity contribution is 6.33. The van der Waals surface area contributed by atoms with Crippen molar-refractivity contribution >= 4 is 11.6 Å². The van der Waals surface area contributed by atoms with E-state index in [4.69, 9.17) is 16.1 Å². The number of halogens is 2. The third-order valence-electron chi connectivity index (χ3n) is 3.43. The minimum Gasteiger partial charge on any atom is -0.380 e. The van der Waals surface area contributed by atoms with Crippen molar-refractivity contribution in [3.63, 3.8) is 0 Å². The van der Waals surface area contributed by atoms with Gasteiger partial charge in [0.1, 0.15) is 11.4 Å². The van der Waals surface area contributed by atoms with Crippen LogP contribution in [0.5, 0.6) is 0 Å². The van der Waals surface area contributed by atoms with Gasteiger partial charge in [0.15, 0.2) is 0 Å². The maximum absolute atomic E-state index is 13.0. The van der Waals surface area contributed by atoms with Gasteiger partial charge < -0.3 is 14.9 Å². The summed E-state index contributed by atoms with van der Waals surface area (Å²) in [5, 5.41) is 17.7. The van der Waals surface area contributed by atoms with Crippen LogP contribution in [0.25, 0.3) is 11.4 Å². The highest BCUT2D eigenvalue weighted by Crippen LogP contribution is 2.32. The number of aromatic nitrogens is 2. The van der Waals surface area contributed by atoms with Crippen molar-refractivity contribution in [1.29, 1.82) is 0 Å². The molecule has 0 unspecified atom stereocenters. The number of piperidine rings is 1. The van der Waals surface area contributed by atoms with Gasteiger partial charge in [-0.05, 0) is 44.1 Å². The van der Waals surface area contributed by atoms with Gasteiger partial charge in [0.25, 0.3) is 5.89 Å². The van der Waals surface area contributed by atoms with E-state index < -0.39 is 11.4 Å². The molecule has 0 amide bonds. The third kappa shape index (κ3) is 2.42. The maximum Gasteiger partial charge on any atom is 0.259 e. The van der Waals surface area contributed by atoms with Crippen molar-refractivity contribution < 1.29 is 14.0 Å². The Labute approximate surface area is 119 Å². The van der Waals surface area contributed by atoms with E-state index in [1.54, 1.807) is 0 Å². The zero-order valence-electron chi connectivity index (χ0n) is 10.6. The molecule has 5 nitrogen and oxygen atoms in total. The van der Waals surface area contributed by atoms with Gasteiger partial charge in [-0.2, -0.15) is 4.98 Å². The second-order valence-corrected chi connectivity index (χ2v) is 5.24. The largest absolute Gasteiger partial charge is 0.380 e. The fraction of sp³-hybridized carbons (Fsp3) is 0.385. The van der Waals surface area contributed by atoms with Gasteiger partial charge in [0.2, 0.25) is 5.82 Å². The minimum absolute atomic E-state index is 0.175. The summed E-state index contributed by atoms with van der Waals surface area (Å²) in [4.78, 5) is 4.20. The van der Waals surface area contributed by atoms with Gasteiger partial charge in [-0.3, -0.25) is 0 Å². The number of hydrogen-bond donors (Lipinski definition) is 2. The molecule has 1 aromatic heterocycles. The van der Waals surface area contributed by atoms with Gasteiger partial charge in [-0.1, -0.05) is 16.8 Å². The van der Waals surface area contributed by atoms with Crippen molar-refractivity contribution in [1.82, 2.24) is 15.5 Å². The van der Waals surface area contributed by atoms with Crippen LogP contribution in [0, 0.1) is 5.82 Å². The summed E-state index contributed by atoms with van der Waals surface area (Å²) in [5.74, 6) is -0.00852. The molecule has 7 heteroatoms. The van der Waals surface area contributed by atoms with Gasteiger partial charge in [0.05, 0.1) is 5.02 Å². The molecule has 0 radical (unpaired) electrons. The van der Waals surface area contributed by atoms with E-state index in [0.29, 0.717) is 31.5 Å². The fourth-order valence-corrected chi connectivity index (χ4v) is 2.50. The maximum atomic E-state index is 13.0. The van der Waals surface area contributed by atoms with Crippen molar-refractivity contribution in [2.75, 3.05) is 13.1 Å². The quantitative estimate of drug-likeness (QED) is 0.888. The van der Waals surface area contributed by atoms with E-state index in [-0.39, 0.29) is 16.7 Å². The van der Waals surface area contributed by atoms with E-state index in [9.17, 15) is 9.50 Å². The highest BCUT2D eigenvalue weighted by atomic mass is 35.5. The number of hydrogen-bond acceptors (Lipinski definition) is 5. The molecular formula is C13H13ClFN3O2. The summed E-state index contributed by atoms with van der Waals surface area (Å²) in [7, 11) is 0. The first-order valence-electron chi connectivity index (χ1n) is 6.31. The molecule has 0 atom stereocenters. The number of benzene rings is 1. The molecule has 0 spiro atoms. The lowest BCUT2D eigenvalue weighted by Gasteiger charge is -2.28. The molecule has 0 saturated carbocycles. The number of rotatable bonds is 2. The third-order valence-corrected chi connectivity index (χ3v) is 3.74. The van der Waals surface area contributed by atoms with Crippen molar-refractivity contribution in [2.24, 2.45) is 0 Å². The molecule has 3 rings (SSSR count). The van der Waals surface area contributed by atoms with E-state index >= 15 is 0 Å². The predicted octanol–water partition coefficient (Wildman–Crippen LogP) is 2.10. The SMILES string of the molecule is OC1(c2nc(-c3ccc(F)cc3Cl)no2)CCNCC1. The number of nitrogens with one attached hydrogen (secondary N) is 1. The second kappa shape index (κ2) is 5.12. The molecule has 106 valence electrons. The molecule has 1 fully saturated rings. The Kier molecular flexibility index (Phi) is 3.45. The van der Waals surface area contributed by atoms with Crippen LogP contribution in [0.1, 0.15) is 18.7 Å². The van der Waals surface area contributed by atoms with E-state index in [0.717, 1.165) is 0 Å². The topological polar surface area (TPSA) is 71.2 Å². The van der Waals surface area contributed by atoms with Gasteiger partial charge in [-0.15, -0.1) is 0 Å². The van der Waals surface area contributed by atoms with Crippen LogP contribution in [-0.2, 0) is 5.60 Å². The summed E-state index contributed by atoms with van der Waals surface area (Å²) in [6.45, 7) is 1.37. The molecule has 20 heavy (non-hydrogen) atoms. The Morgan fingerprint density at radius 2 is 2.10 bits per heavy atom. The second-order valence-electron chi connectivity index (χ2n) is 4.83. The molecular weight excluding hydrogens is 285 g/mol. The lowest BCUT2D eigenvalue weighted by molar-refractivity contribution is -0.0228. The molecule has 2 aromatic rings. The van der Waals surface area contributed by atoms with Crippen LogP contribution in [0.3, 0.4) is 0 Å². The summed E-state index contributed by atoms with van der Waals surface area (Å²) >= 11 is 5.96. The Bertz CT molecular complexity index is 626. The normalized spacial score (nSPS) is 18.1. The monoisotopic (exact) mass is 297 g/mol. The molecule has 1 saturated heterocycles.